The predicted octanol–water partition coefficient (Wildman–Crippen LogP) is 3.03. The first-order chi connectivity index (χ1) is 16.0. The molecule has 4 heterocycles. The van der Waals surface area contributed by atoms with Crippen LogP contribution in [0.5, 0.6) is 0 Å². The molecular formula is C24H34N4O4S. The monoisotopic (exact) mass is 474 g/mol. The van der Waals surface area contributed by atoms with Gasteiger partial charge in [-0.2, -0.15) is 5.10 Å². The summed E-state index contributed by atoms with van der Waals surface area (Å²) in [4.78, 5) is 29.6. The Balaban J connectivity index is 1.18. The number of likely N-dealkylation sites (tertiary alicyclic amines) is 1. The number of thiophene rings is 1. The van der Waals surface area contributed by atoms with E-state index in [1.807, 2.05) is 17.9 Å². The fourth-order valence-corrected chi connectivity index (χ4v) is 6.58. The molecule has 8 nitrogen and oxygen atoms in total. The van der Waals surface area contributed by atoms with Crippen LogP contribution in [0.3, 0.4) is 0 Å². The average Bonchev–Trinajstić information content (AvgIpc) is 3.41. The van der Waals surface area contributed by atoms with Crippen LogP contribution in [0.4, 0.5) is 0 Å². The Labute approximate surface area is 198 Å². The number of aliphatic hydroxyl groups is 1. The number of carbonyl (C=O) groups excluding carboxylic acids is 2. The molecule has 2 amide bonds. The van der Waals surface area contributed by atoms with Crippen molar-refractivity contribution in [1.82, 2.24) is 20.0 Å². The lowest BCUT2D eigenvalue weighted by molar-refractivity contribution is -0.138. The fraction of sp³-hybridized carbons (Fsp3) is 0.708. The minimum absolute atomic E-state index is 0.0195. The van der Waals surface area contributed by atoms with Crippen molar-refractivity contribution in [2.24, 2.45) is 5.92 Å². The van der Waals surface area contributed by atoms with Gasteiger partial charge in [0.15, 0.2) is 0 Å². The van der Waals surface area contributed by atoms with Crippen molar-refractivity contribution in [3.63, 3.8) is 0 Å². The van der Waals surface area contributed by atoms with Gasteiger partial charge in [0.1, 0.15) is 4.83 Å². The number of amides is 2. The van der Waals surface area contributed by atoms with Gasteiger partial charge in [0.25, 0.3) is 5.91 Å². The van der Waals surface area contributed by atoms with Crippen LogP contribution in [-0.2, 0) is 9.53 Å². The Bertz CT molecular complexity index is 996. The normalized spacial score (nSPS) is 25.5. The molecular weight excluding hydrogens is 440 g/mol. The first kappa shape index (κ1) is 22.8. The maximum atomic E-state index is 13.0. The first-order valence-corrected chi connectivity index (χ1v) is 13.2. The molecule has 0 spiro atoms. The van der Waals surface area contributed by atoms with E-state index in [1.165, 1.54) is 11.3 Å². The highest BCUT2D eigenvalue weighted by molar-refractivity contribution is 7.20. The molecule has 1 saturated carbocycles. The molecule has 1 aliphatic carbocycles. The molecule has 3 fully saturated rings. The van der Waals surface area contributed by atoms with E-state index in [0.29, 0.717) is 32.0 Å². The highest BCUT2D eigenvalue weighted by Gasteiger charge is 2.32. The maximum Gasteiger partial charge on any atom is 0.261 e. The van der Waals surface area contributed by atoms with Crippen molar-refractivity contribution in [2.45, 2.75) is 76.5 Å². The number of hydrogen-bond donors (Lipinski definition) is 2. The largest absolute Gasteiger partial charge is 0.393 e. The van der Waals surface area contributed by atoms with E-state index < -0.39 is 0 Å². The summed E-state index contributed by atoms with van der Waals surface area (Å²) >= 11 is 1.53. The number of nitrogens with zero attached hydrogens (tertiary/aromatic N) is 3. The summed E-state index contributed by atoms with van der Waals surface area (Å²) in [5.74, 6) is 0.254. The number of hydrogen-bond acceptors (Lipinski definition) is 6. The highest BCUT2D eigenvalue weighted by atomic mass is 32.1. The van der Waals surface area contributed by atoms with Crippen molar-refractivity contribution < 1.29 is 19.4 Å². The van der Waals surface area contributed by atoms with Crippen LogP contribution in [-0.4, -0.2) is 70.1 Å². The van der Waals surface area contributed by atoms with Gasteiger partial charge in [0.2, 0.25) is 5.91 Å². The lowest BCUT2D eigenvalue weighted by Gasteiger charge is -2.35. The summed E-state index contributed by atoms with van der Waals surface area (Å²) in [6.45, 7) is 4.85. The van der Waals surface area contributed by atoms with Gasteiger partial charge in [-0.15, -0.1) is 11.3 Å². The van der Waals surface area contributed by atoms with Crippen molar-refractivity contribution in [3.8, 4) is 0 Å². The standard InChI is InChI=1S/C24H34N4O4S/c1-15-20-14-21(33-24(20)28(26-15)18-8-12-32-13-9-18)22(30)25-17-4-2-16(3-5-17)23(31)27-10-6-19(29)7-11-27/h14,16-19,29H,2-13H2,1H3,(H,25,30)/t16-,17-. The number of piperidine rings is 1. The van der Waals surface area contributed by atoms with Crippen LogP contribution < -0.4 is 5.32 Å². The second kappa shape index (κ2) is 9.72. The summed E-state index contributed by atoms with van der Waals surface area (Å²) in [6.07, 6.45) is 6.29. The van der Waals surface area contributed by atoms with Gasteiger partial charge in [-0.25, -0.2) is 0 Å². The molecule has 2 saturated heterocycles. The molecule has 2 aromatic rings. The Kier molecular flexibility index (Phi) is 6.72. The van der Waals surface area contributed by atoms with Crippen molar-refractivity contribution in [3.05, 3.63) is 16.6 Å². The van der Waals surface area contributed by atoms with Gasteiger partial charge in [-0.1, -0.05) is 0 Å². The lowest BCUT2D eigenvalue weighted by Crippen LogP contribution is -2.45. The Morgan fingerprint density at radius 3 is 2.48 bits per heavy atom. The molecule has 9 heteroatoms. The van der Waals surface area contributed by atoms with E-state index >= 15 is 0 Å². The second-order valence-electron chi connectivity index (χ2n) is 9.78. The maximum absolute atomic E-state index is 13.0. The topological polar surface area (TPSA) is 96.7 Å². The molecule has 0 radical (unpaired) electrons. The number of nitrogens with one attached hydrogen (secondary N) is 1. The lowest BCUT2D eigenvalue weighted by atomic mass is 9.84. The Morgan fingerprint density at radius 1 is 1.09 bits per heavy atom. The number of fused-ring (bicyclic) bond motifs is 1. The molecule has 2 aromatic heterocycles. The predicted molar refractivity (Wildman–Crippen MR) is 126 cm³/mol. The van der Waals surface area contributed by atoms with E-state index in [2.05, 4.69) is 10.00 Å². The zero-order valence-electron chi connectivity index (χ0n) is 19.3. The third-order valence-electron chi connectivity index (χ3n) is 7.52. The molecule has 0 unspecified atom stereocenters. The molecule has 2 N–H and O–H groups in total. The molecule has 33 heavy (non-hydrogen) atoms. The third kappa shape index (κ3) is 4.81. The Hall–Kier alpha value is -1.97. The van der Waals surface area contributed by atoms with Gasteiger partial charge in [0, 0.05) is 43.6 Å². The number of ether oxygens (including phenoxy) is 1. The molecule has 3 aliphatic rings. The van der Waals surface area contributed by atoms with Crippen LogP contribution >= 0.6 is 11.3 Å². The molecule has 180 valence electrons. The van der Waals surface area contributed by atoms with Crippen molar-refractivity contribution in [2.75, 3.05) is 26.3 Å². The average molecular weight is 475 g/mol. The summed E-state index contributed by atoms with van der Waals surface area (Å²) in [6, 6.07) is 2.43. The van der Waals surface area contributed by atoms with Gasteiger partial charge in [-0.3, -0.25) is 14.3 Å². The summed E-state index contributed by atoms with van der Waals surface area (Å²) in [5.41, 5.74) is 0.969. The summed E-state index contributed by atoms with van der Waals surface area (Å²) in [7, 11) is 0. The molecule has 5 rings (SSSR count). The van der Waals surface area contributed by atoms with Crippen LogP contribution in [0.15, 0.2) is 6.07 Å². The van der Waals surface area contributed by atoms with Crippen molar-refractivity contribution >= 4 is 33.4 Å². The molecule has 0 bridgehead atoms. The number of rotatable bonds is 4. The number of aromatic nitrogens is 2. The number of aryl methyl sites for hydroxylation is 1. The summed E-state index contributed by atoms with van der Waals surface area (Å²) < 4.78 is 7.60. The minimum atomic E-state index is -0.266. The van der Waals surface area contributed by atoms with Gasteiger partial charge in [0.05, 0.1) is 22.7 Å². The highest BCUT2D eigenvalue weighted by Crippen LogP contribution is 2.34. The summed E-state index contributed by atoms with van der Waals surface area (Å²) in [5, 5.41) is 18.7. The SMILES string of the molecule is Cc1nn(C2CCOCC2)c2sc(C(=O)N[C@H]3CC[C@H](C(=O)N4CCC(O)CC4)CC3)cc12. The minimum Gasteiger partial charge on any atom is -0.393 e. The third-order valence-corrected chi connectivity index (χ3v) is 8.64. The van der Waals surface area contributed by atoms with Crippen LogP contribution in [0, 0.1) is 12.8 Å². The zero-order chi connectivity index (χ0) is 22.9. The van der Waals surface area contributed by atoms with E-state index in [1.54, 1.807) is 0 Å². The second-order valence-corrected chi connectivity index (χ2v) is 10.8. The first-order valence-electron chi connectivity index (χ1n) is 12.3. The van der Waals surface area contributed by atoms with Gasteiger partial charge in [-0.05, 0) is 64.4 Å². The molecule has 0 atom stereocenters. The van der Waals surface area contributed by atoms with E-state index in [9.17, 15) is 14.7 Å². The van der Waals surface area contributed by atoms with Crippen LogP contribution in [0.2, 0.25) is 0 Å². The van der Waals surface area contributed by atoms with E-state index in [4.69, 9.17) is 9.84 Å². The zero-order valence-corrected chi connectivity index (χ0v) is 20.1. The smallest absolute Gasteiger partial charge is 0.261 e. The number of carbonyl (C=O) groups is 2. The quantitative estimate of drug-likeness (QED) is 0.710. The van der Waals surface area contributed by atoms with Crippen LogP contribution in [0.25, 0.3) is 10.2 Å². The van der Waals surface area contributed by atoms with Gasteiger partial charge >= 0.3 is 0 Å². The molecule has 2 aliphatic heterocycles. The molecule has 0 aromatic carbocycles. The van der Waals surface area contributed by atoms with E-state index in [0.717, 1.165) is 72.5 Å². The van der Waals surface area contributed by atoms with E-state index in [-0.39, 0.29) is 29.9 Å². The number of aliphatic hydroxyl groups excluding tert-OH is 1. The Morgan fingerprint density at radius 2 is 1.79 bits per heavy atom. The van der Waals surface area contributed by atoms with Gasteiger partial charge < -0.3 is 20.1 Å². The fourth-order valence-electron chi connectivity index (χ4n) is 5.45. The van der Waals surface area contributed by atoms with Crippen molar-refractivity contribution in [1.29, 1.82) is 0 Å². The van der Waals surface area contributed by atoms with Crippen LogP contribution in [0.1, 0.15) is 72.8 Å².